The van der Waals surface area contributed by atoms with E-state index in [9.17, 15) is 0 Å². The van der Waals surface area contributed by atoms with E-state index < -0.39 is 0 Å². The molecule has 0 bridgehead atoms. The van der Waals surface area contributed by atoms with Crippen LogP contribution in [-0.4, -0.2) is 12.3 Å². The van der Waals surface area contributed by atoms with Gasteiger partial charge >= 0.3 is 0 Å². The third kappa shape index (κ3) is 2.25. The lowest BCUT2D eigenvalue weighted by Crippen LogP contribution is -2.40. The van der Waals surface area contributed by atoms with Crippen LogP contribution in [0.15, 0.2) is 18.2 Å². The first kappa shape index (κ1) is 10.9. The maximum absolute atomic E-state index is 5.38. The van der Waals surface area contributed by atoms with Gasteiger partial charge in [-0.15, -0.1) is 0 Å². The number of hydrogen-bond acceptors (Lipinski definition) is 3. The van der Waals surface area contributed by atoms with E-state index in [0.29, 0.717) is 6.79 Å². The van der Waals surface area contributed by atoms with Crippen molar-refractivity contribution in [1.29, 1.82) is 0 Å². The zero-order valence-corrected chi connectivity index (χ0v) is 10.5. The van der Waals surface area contributed by atoms with E-state index in [4.69, 9.17) is 9.47 Å². The molecule has 0 saturated heterocycles. The summed E-state index contributed by atoms with van der Waals surface area (Å²) >= 11 is 0. The fourth-order valence-electron chi connectivity index (χ4n) is 2.33. The van der Waals surface area contributed by atoms with Crippen LogP contribution in [0.4, 0.5) is 0 Å². The Bertz CT molecular complexity index is 424. The van der Waals surface area contributed by atoms with E-state index >= 15 is 0 Å². The molecule has 3 rings (SSSR count). The molecule has 0 atom stereocenters. The number of nitrogens with one attached hydrogen (secondary N) is 1. The molecule has 1 heterocycles. The summed E-state index contributed by atoms with van der Waals surface area (Å²) in [5, 5.41) is 3.63. The lowest BCUT2D eigenvalue weighted by molar-refractivity contribution is 0.174. The second kappa shape index (κ2) is 3.91. The fraction of sp³-hybridized carbons (Fsp3) is 0.571. The summed E-state index contributed by atoms with van der Waals surface area (Å²) in [6, 6.07) is 6.16. The summed E-state index contributed by atoms with van der Waals surface area (Å²) in [6.07, 6.45) is 2.72. The maximum atomic E-state index is 5.38. The van der Waals surface area contributed by atoms with E-state index in [1.165, 1.54) is 18.4 Å². The summed E-state index contributed by atoms with van der Waals surface area (Å²) in [6.45, 7) is 5.81. The normalized spacial score (nSPS) is 18.5. The molecule has 1 fully saturated rings. The van der Waals surface area contributed by atoms with E-state index in [0.717, 1.165) is 24.0 Å². The van der Waals surface area contributed by atoms with Gasteiger partial charge in [0.25, 0.3) is 0 Å². The Hall–Kier alpha value is -1.22. The molecule has 17 heavy (non-hydrogen) atoms. The van der Waals surface area contributed by atoms with Gasteiger partial charge in [-0.3, -0.25) is 0 Å². The maximum Gasteiger partial charge on any atom is 0.231 e. The molecule has 1 saturated carbocycles. The summed E-state index contributed by atoms with van der Waals surface area (Å²) in [7, 11) is 0. The Morgan fingerprint density at radius 2 is 2.00 bits per heavy atom. The predicted octanol–water partition coefficient (Wildman–Crippen LogP) is 2.69. The number of hydrogen-bond donors (Lipinski definition) is 1. The Morgan fingerprint density at radius 3 is 2.76 bits per heavy atom. The smallest absolute Gasteiger partial charge is 0.231 e. The molecule has 1 aromatic rings. The van der Waals surface area contributed by atoms with Crippen LogP contribution in [0, 0.1) is 5.92 Å². The number of fused-ring (bicyclic) bond motifs is 1. The van der Waals surface area contributed by atoms with Crippen molar-refractivity contribution in [2.75, 3.05) is 6.79 Å². The topological polar surface area (TPSA) is 30.5 Å². The van der Waals surface area contributed by atoms with E-state index in [2.05, 4.69) is 31.3 Å². The fourth-order valence-corrected chi connectivity index (χ4v) is 2.33. The van der Waals surface area contributed by atoms with Crippen LogP contribution < -0.4 is 14.8 Å². The molecule has 0 aromatic heterocycles. The van der Waals surface area contributed by atoms with Crippen molar-refractivity contribution in [3.8, 4) is 11.5 Å². The van der Waals surface area contributed by atoms with Gasteiger partial charge in [-0.2, -0.15) is 0 Å². The van der Waals surface area contributed by atoms with E-state index in [1.807, 2.05) is 6.07 Å². The zero-order chi connectivity index (χ0) is 11.9. The molecule has 1 N–H and O–H groups in total. The lowest BCUT2D eigenvalue weighted by Gasteiger charge is -2.26. The lowest BCUT2D eigenvalue weighted by atomic mass is 9.98. The Balaban J connectivity index is 1.65. The minimum absolute atomic E-state index is 0.246. The number of benzene rings is 1. The summed E-state index contributed by atoms with van der Waals surface area (Å²) in [4.78, 5) is 0. The first-order valence-electron chi connectivity index (χ1n) is 6.29. The highest BCUT2D eigenvalue weighted by Crippen LogP contribution is 2.39. The van der Waals surface area contributed by atoms with Crippen LogP contribution in [0.25, 0.3) is 0 Å². The molecule has 1 aliphatic heterocycles. The Kier molecular flexibility index (Phi) is 2.51. The predicted molar refractivity (Wildman–Crippen MR) is 66.2 cm³/mol. The van der Waals surface area contributed by atoms with Crippen molar-refractivity contribution in [2.24, 2.45) is 5.92 Å². The summed E-state index contributed by atoms with van der Waals surface area (Å²) in [5.41, 5.74) is 1.50. The molecule has 92 valence electrons. The van der Waals surface area contributed by atoms with Crippen LogP contribution in [0.2, 0.25) is 0 Å². The summed E-state index contributed by atoms with van der Waals surface area (Å²) in [5.74, 6) is 2.57. The van der Waals surface area contributed by atoms with Crippen molar-refractivity contribution < 1.29 is 9.47 Å². The van der Waals surface area contributed by atoms with E-state index in [1.54, 1.807) is 0 Å². The van der Waals surface area contributed by atoms with Crippen molar-refractivity contribution in [3.05, 3.63) is 23.8 Å². The Morgan fingerprint density at radius 1 is 1.24 bits per heavy atom. The van der Waals surface area contributed by atoms with Crippen LogP contribution in [0.1, 0.15) is 32.3 Å². The second-order valence-electron chi connectivity index (χ2n) is 5.54. The van der Waals surface area contributed by atoms with Crippen molar-refractivity contribution in [1.82, 2.24) is 5.32 Å². The zero-order valence-electron chi connectivity index (χ0n) is 10.5. The first-order valence-corrected chi connectivity index (χ1v) is 6.29. The molecule has 0 unspecified atom stereocenters. The monoisotopic (exact) mass is 233 g/mol. The van der Waals surface area contributed by atoms with Gasteiger partial charge in [0, 0.05) is 12.1 Å². The Labute approximate surface area is 102 Å². The SMILES string of the molecule is CC(C)(NCc1ccc2c(c1)OCO2)C1CC1. The van der Waals surface area contributed by atoms with Crippen LogP contribution in [0.5, 0.6) is 11.5 Å². The average molecular weight is 233 g/mol. The molecule has 1 aliphatic carbocycles. The number of ether oxygens (including phenoxy) is 2. The summed E-state index contributed by atoms with van der Waals surface area (Å²) < 4.78 is 10.7. The molecular weight excluding hydrogens is 214 g/mol. The van der Waals surface area contributed by atoms with Gasteiger partial charge in [-0.25, -0.2) is 0 Å². The average Bonchev–Trinajstić information content (AvgIpc) is 3.07. The third-order valence-corrected chi connectivity index (χ3v) is 3.78. The molecule has 1 aromatic carbocycles. The van der Waals surface area contributed by atoms with Gasteiger partial charge in [0.2, 0.25) is 6.79 Å². The minimum Gasteiger partial charge on any atom is -0.454 e. The minimum atomic E-state index is 0.246. The van der Waals surface area contributed by atoms with E-state index in [-0.39, 0.29) is 5.54 Å². The molecule has 0 amide bonds. The van der Waals surface area contributed by atoms with Crippen LogP contribution in [0.3, 0.4) is 0 Å². The van der Waals surface area contributed by atoms with Gasteiger partial charge in [-0.05, 0) is 50.3 Å². The first-order chi connectivity index (χ1) is 8.15. The highest BCUT2D eigenvalue weighted by molar-refractivity contribution is 5.44. The van der Waals surface area contributed by atoms with Crippen LogP contribution >= 0.6 is 0 Å². The molecule has 2 aliphatic rings. The van der Waals surface area contributed by atoms with Gasteiger partial charge < -0.3 is 14.8 Å². The van der Waals surface area contributed by atoms with Gasteiger partial charge in [-0.1, -0.05) is 6.07 Å². The quantitative estimate of drug-likeness (QED) is 0.867. The molecule has 0 radical (unpaired) electrons. The highest BCUT2D eigenvalue weighted by Gasteiger charge is 2.37. The van der Waals surface area contributed by atoms with Crippen molar-refractivity contribution in [3.63, 3.8) is 0 Å². The molecule has 3 nitrogen and oxygen atoms in total. The largest absolute Gasteiger partial charge is 0.454 e. The van der Waals surface area contributed by atoms with Crippen molar-refractivity contribution in [2.45, 2.75) is 38.8 Å². The van der Waals surface area contributed by atoms with Gasteiger partial charge in [0.15, 0.2) is 11.5 Å². The van der Waals surface area contributed by atoms with Gasteiger partial charge in [0.1, 0.15) is 0 Å². The molecule has 0 spiro atoms. The van der Waals surface area contributed by atoms with Crippen LogP contribution in [-0.2, 0) is 6.54 Å². The number of rotatable bonds is 4. The van der Waals surface area contributed by atoms with Gasteiger partial charge in [0.05, 0.1) is 0 Å². The standard InChI is InChI=1S/C14H19NO2/c1-14(2,11-4-5-11)15-8-10-3-6-12-13(7-10)17-9-16-12/h3,6-7,11,15H,4-5,8-9H2,1-2H3. The highest BCUT2D eigenvalue weighted by atomic mass is 16.7. The third-order valence-electron chi connectivity index (χ3n) is 3.78. The molecule has 3 heteroatoms. The van der Waals surface area contributed by atoms with Crippen molar-refractivity contribution >= 4 is 0 Å². The second-order valence-corrected chi connectivity index (χ2v) is 5.54. The molecular formula is C14H19NO2.